The molecule has 5 heterocycles. The molecule has 2 unspecified atom stereocenters. The lowest BCUT2D eigenvalue weighted by Crippen LogP contribution is -2.66. The fourth-order valence-corrected chi connectivity index (χ4v) is 6.70. The van der Waals surface area contributed by atoms with Crippen molar-refractivity contribution in [2.45, 2.75) is 70.0 Å². The van der Waals surface area contributed by atoms with Crippen LogP contribution in [0.25, 0.3) is 0 Å². The van der Waals surface area contributed by atoms with E-state index >= 15 is 0 Å². The number of aromatic nitrogens is 3. The van der Waals surface area contributed by atoms with Crippen LogP contribution in [0.2, 0.25) is 0 Å². The van der Waals surface area contributed by atoms with E-state index < -0.39 is 0 Å². The molecule has 1 amide bonds. The molecule has 35 heavy (non-hydrogen) atoms. The molecule has 4 aliphatic rings. The Morgan fingerprint density at radius 3 is 2.74 bits per heavy atom. The van der Waals surface area contributed by atoms with E-state index in [-0.39, 0.29) is 17.5 Å². The van der Waals surface area contributed by atoms with Gasteiger partial charge in [0.05, 0.1) is 17.4 Å². The molecule has 9 nitrogen and oxygen atoms in total. The fourth-order valence-electron chi connectivity index (χ4n) is 6.70. The first kappa shape index (κ1) is 22.5. The van der Waals surface area contributed by atoms with Gasteiger partial charge < -0.3 is 20.4 Å². The highest BCUT2D eigenvalue weighted by Crippen LogP contribution is 2.45. The van der Waals surface area contributed by atoms with Gasteiger partial charge in [0.1, 0.15) is 17.7 Å². The van der Waals surface area contributed by atoms with Crippen LogP contribution in [0.15, 0.2) is 24.5 Å². The van der Waals surface area contributed by atoms with Gasteiger partial charge in [-0.2, -0.15) is 4.98 Å². The number of fused-ring (bicyclic) bond motifs is 4. The second-order valence-electron chi connectivity index (χ2n) is 10.4. The van der Waals surface area contributed by atoms with Crippen LogP contribution >= 0.6 is 0 Å². The molecule has 2 saturated heterocycles. The average molecular weight is 477 g/mol. The maximum atomic E-state index is 12.7. The van der Waals surface area contributed by atoms with E-state index in [1.54, 1.807) is 0 Å². The smallest absolute Gasteiger partial charge is 0.243 e. The lowest BCUT2D eigenvalue weighted by atomic mass is 9.90. The van der Waals surface area contributed by atoms with E-state index in [2.05, 4.69) is 55.2 Å². The van der Waals surface area contributed by atoms with Gasteiger partial charge in [0, 0.05) is 43.9 Å². The third-order valence-corrected chi connectivity index (χ3v) is 8.58. The van der Waals surface area contributed by atoms with Crippen LogP contribution in [-0.2, 0) is 11.2 Å². The van der Waals surface area contributed by atoms with Crippen molar-refractivity contribution in [3.63, 3.8) is 0 Å². The van der Waals surface area contributed by atoms with Crippen molar-refractivity contribution in [2.24, 2.45) is 0 Å². The molecule has 2 aromatic heterocycles. The van der Waals surface area contributed by atoms with Gasteiger partial charge in [-0.25, -0.2) is 9.97 Å². The molecule has 2 N–H and O–H groups in total. The molecule has 0 radical (unpaired) electrons. The van der Waals surface area contributed by atoms with Crippen LogP contribution in [-0.4, -0.2) is 76.1 Å². The number of hydrogen-bond donors (Lipinski definition) is 2. The van der Waals surface area contributed by atoms with Crippen molar-refractivity contribution in [2.75, 3.05) is 47.8 Å². The van der Waals surface area contributed by atoms with Gasteiger partial charge in [-0.3, -0.25) is 9.69 Å². The van der Waals surface area contributed by atoms with Gasteiger partial charge in [-0.15, -0.1) is 0 Å². The maximum absolute atomic E-state index is 12.7. The Labute approximate surface area is 207 Å². The van der Waals surface area contributed by atoms with E-state index in [9.17, 15) is 4.79 Å². The number of nitrogens with zero attached hydrogens (tertiary/aromatic N) is 6. The summed E-state index contributed by atoms with van der Waals surface area (Å²) in [7, 11) is 0. The minimum Gasteiger partial charge on any atom is -0.369 e. The molecule has 2 atom stereocenters. The summed E-state index contributed by atoms with van der Waals surface area (Å²) in [5.74, 6) is 2.29. The second kappa shape index (κ2) is 8.93. The highest BCUT2D eigenvalue weighted by atomic mass is 16.2. The number of likely N-dealkylation sites (N-methyl/N-ethyl adjacent to an activating group) is 1. The largest absolute Gasteiger partial charge is 0.369 e. The number of carbonyl (C=O) groups excluding carboxylic acids is 1. The Bertz CT molecular complexity index is 1080. The molecule has 0 bridgehead atoms. The van der Waals surface area contributed by atoms with Gasteiger partial charge in [0.15, 0.2) is 0 Å². The summed E-state index contributed by atoms with van der Waals surface area (Å²) in [6, 6.07) is 4.59. The zero-order valence-electron chi connectivity index (χ0n) is 20.8. The molecular formula is C26H36N8O. The van der Waals surface area contributed by atoms with Crippen LogP contribution in [0.4, 0.5) is 23.3 Å². The number of pyridine rings is 1. The monoisotopic (exact) mass is 476 g/mol. The van der Waals surface area contributed by atoms with Crippen LogP contribution in [0.5, 0.6) is 0 Å². The van der Waals surface area contributed by atoms with Gasteiger partial charge in [0.25, 0.3) is 0 Å². The quantitative estimate of drug-likeness (QED) is 0.658. The highest BCUT2D eigenvalue weighted by molar-refractivity contribution is 5.90. The Hall–Kier alpha value is -2.94. The molecule has 3 aliphatic heterocycles. The second-order valence-corrected chi connectivity index (χ2v) is 10.4. The highest BCUT2D eigenvalue weighted by Gasteiger charge is 2.52. The van der Waals surface area contributed by atoms with Crippen molar-refractivity contribution in [3.05, 3.63) is 30.1 Å². The summed E-state index contributed by atoms with van der Waals surface area (Å²) in [6.45, 7) is 9.50. The zero-order valence-corrected chi connectivity index (χ0v) is 20.8. The van der Waals surface area contributed by atoms with E-state index in [1.165, 1.54) is 19.3 Å². The zero-order chi connectivity index (χ0) is 24.0. The van der Waals surface area contributed by atoms with E-state index in [1.807, 2.05) is 18.5 Å². The Balaban J connectivity index is 1.18. The number of amides is 1. The van der Waals surface area contributed by atoms with Crippen LogP contribution in [0.1, 0.15) is 51.5 Å². The molecule has 1 spiro atoms. The lowest BCUT2D eigenvalue weighted by Gasteiger charge is -2.47. The normalized spacial score (nSPS) is 24.7. The van der Waals surface area contributed by atoms with Gasteiger partial charge >= 0.3 is 0 Å². The SMILES string of the molecule is CCN(CC)C1CCN(c2ccc(Nc3ncc4c(n3)N3C(C4)C(=O)NCC34CCCC4)nc2)C1. The van der Waals surface area contributed by atoms with Crippen LogP contribution in [0, 0.1) is 0 Å². The van der Waals surface area contributed by atoms with Gasteiger partial charge in [-0.05, 0) is 44.5 Å². The Morgan fingerprint density at radius 2 is 2.00 bits per heavy atom. The van der Waals surface area contributed by atoms with E-state index in [4.69, 9.17) is 4.98 Å². The topological polar surface area (TPSA) is 89.5 Å². The molecule has 6 rings (SSSR count). The first-order chi connectivity index (χ1) is 17.1. The Kier molecular flexibility index (Phi) is 5.75. The molecule has 186 valence electrons. The van der Waals surface area contributed by atoms with Crippen molar-refractivity contribution < 1.29 is 4.79 Å². The van der Waals surface area contributed by atoms with Crippen molar-refractivity contribution in [1.29, 1.82) is 0 Å². The summed E-state index contributed by atoms with van der Waals surface area (Å²) in [5, 5.41) is 6.45. The number of piperazine rings is 1. The molecule has 0 aromatic carbocycles. The fraction of sp³-hybridized carbons (Fsp3) is 0.615. The molecule has 2 aromatic rings. The Morgan fingerprint density at radius 1 is 1.17 bits per heavy atom. The van der Waals surface area contributed by atoms with Gasteiger partial charge in [0.2, 0.25) is 11.9 Å². The third-order valence-electron chi connectivity index (χ3n) is 8.58. The average Bonchev–Trinajstić information content (AvgIpc) is 3.63. The van der Waals surface area contributed by atoms with Crippen molar-refractivity contribution in [1.82, 2.24) is 25.2 Å². The molecule has 9 heteroatoms. The molecule has 1 aliphatic carbocycles. The first-order valence-corrected chi connectivity index (χ1v) is 13.3. The number of nitrogens with one attached hydrogen (secondary N) is 2. The summed E-state index contributed by atoms with van der Waals surface area (Å²) in [6.07, 6.45) is 10.3. The first-order valence-electron chi connectivity index (χ1n) is 13.3. The van der Waals surface area contributed by atoms with Crippen LogP contribution < -0.4 is 20.4 Å². The number of anilines is 4. The summed E-state index contributed by atoms with van der Waals surface area (Å²) in [4.78, 5) is 34.1. The minimum atomic E-state index is -0.167. The predicted octanol–water partition coefficient (Wildman–Crippen LogP) is 2.71. The number of rotatable bonds is 6. The maximum Gasteiger partial charge on any atom is 0.243 e. The summed E-state index contributed by atoms with van der Waals surface area (Å²) < 4.78 is 0. The van der Waals surface area contributed by atoms with Gasteiger partial charge in [-0.1, -0.05) is 26.7 Å². The van der Waals surface area contributed by atoms with E-state index in [0.717, 1.165) is 61.9 Å². The van der Waals surface area contributed by atoms with Crippen LogP contribution in [0.3, 0.4) is 0 Å². The summed E-state index contributed by atoms with van der Waals surface area (Å²) >= 11 is 0. The predicted molar refractivity (Wildman–Crippen MR) is 137 cm³/mol. The molecule has 1 saturated carbocycles. The summed E-state index contributed by atoms with van der Waals surface area (Å²) in [5.41, 5.74) is 2.21. The minimum absolute atomic E-state index is 0.00589. The molecular weight excluding hydrogens is 440 g/mol. The standard InChI is InChI=1S/C26H36N8O/c1-3-32(4-2)20-9-12-33(16-20)19-7-8-22(27-15-19)30-25-28-14-18-13-21-24(35)29-17-26(10-5-6-11-26)34(21)23(18)31-25/h7-8,14-15,20-21H,3-6,9-13,16-17H2,1-2H3,(H,29,35)(H,27,28,30,31). The van der Waals surface area contributed by atoms with Crippen molar-refractivity contribution in [3.8, 4) is 0 Å². The number of carbonyl (C=O) groups is 1. The lowest BCUT2D eigenvalue weighted by molar-refractivity contribution is -0.124. The third kappa shape index (κ3) is 3.90. The number of hydrogen-bond acceptors (Lipinski definition) is 8. The molecule has 3 fully saturated rings. The van der Waals surface area contributed by atoms with E-state index in [0.29, 0.717) is 25.0 Å². The van der Waals surface area contributed by atoms with Crippen molar-refractivity contribution >= 4 is 29.2 Å².